The van der Waals surface area contributed by atoms with Crippen LogP contribution in [-0.4, -0.2) is 36.5 Å². The van der Waals surface area contributed by atoms with Crippen LogP contribution in [0.15, 0.2) is 0 Å². The number of carbonyl (C=O) groups excluding carboxylic acids is 1. The minimum Gasteiger partial charge on any atom is -0.469 e. The van der Waals surface area contributed by atoms with Gasteiger partial charge in [-0.3, -0.25) is 4.79 Å². The van der Waals surface area contributed by atoms with E-state index in [0.29, 0.717) is 23.9 Å². The molecule has 4 heteroatoms. The van der Waals surface area contributed by atoms with Crippen LogP contribution in [0.2, 0.25) is 0 Å². The summed E-state index contributed by atoms with van der Waals surface area (Å²) < 4.78 is 18.1. The summed E-state index contributed by atoms with van der Waals surface area (Å²) in [5.41, 5.74) is -0.176. The number of fused-ring (bicyclic) bond motifs is 4. The average molecular weight is 348 g/mol. The molecule has 0 bridgehead atoms. The number of carbonyl (C=O) groups is 1. The molecule has 140 valence electrons. The van der Waals surface area contributed by atoms with Crippen molar-refractivity contribution in [1.29, 1.82) is 0 Å². The summed E-state index contributed by atoms with van der Waals surface area (Å²) >= 11 is 0. The Morgan fingerprint density at radius 2 is 1.88 bits per heavy atom. The standard InChI is InChI=1S/C21H32O4/c1-12(2)21-15(24-21)11-14-18(3)8-6-9-19(4,17(22)23-5)13(18)7-10-20(14)16(21)25-20/h12-16H,6-11H2,1-5H3/t13-,14-,15-,16+,18-,19-,20+,21+/m1/s1. The van der Waals surface area contributed by atoms with Gasteiger partial charge in [-0.1, -0.05) is 27.2 Å². The molecule has 0 N–H and O–H groups in total. The SMILES string of the molecule is COC(=O)[C@]1(C)CCC[C@@]2(C)[C@H]3C[C@H]4O[C@]4(C(C)C)[C@H]4O[C@@]34CC[C@H]21. The molecule has 5 rings (SSSR count). The van der Waals surface area contributed by atoms with Crippen LogP contribution in [0.5, 0.6) is 0 Å². The van der Waals surface area contributed by atoms with Gasteiger partial charge in [0.2, 0.25) is 0 Å². The van der Waals surface area contributed by atoms with E-state index in [4.69, 9.17) is 14.2 Å². The summed E-state index contributed by atoms with van der Waals surface area (Å²) in [4.78, 5) is 12.7. The second-order valence-electron chi connectivity index (χ2n) is 10.2. The zero-order chi connectivity index (χ0) is 17.8. The van der Waals surface area contributed by atoms with Crippen LogP contribution in [0.1, 0.15) is 66.2 Å². The Bertz CT molecular complexity index is 631. The Kier molecular flexibility index (Phi) is 3.06. The van der Waals surface area contributed by atoms with Crippen molar-refractivity contribution in [2.75, 3.05) is 7.11 Å². The van der Waals surface area contributed by atoms with Crippen molar-refractivity contribution in [3.63, 3.8) is 0 Å². The normalized spacial score (nSPS) is 58.5. The van der Waals surface area contributed by atoms with Gasteiger partial charge in [0.1, 0.15) is 17.3 Å². The topological polar surface area (TPSA) is 51.4 Å². The minimum atomic E-state index is -0.343. The molecule has 0 aromatic carbocycles. The lowest BCUT2D eigenvalue weighted by atomic mass is 9.43. The predicted molar refractivity (Wildman–Crippen MR) is 93.0 cm³/mol. The van der Waals surface area contributed by atoms with Gasteiger partial charge in [-0.2, -0.15) is 0 Å². The Morgan fingerprint density at radius 3 is 2.56 bits per heavy atom. The maximum Gasteiger partial charge on any atom is 0.311 e. The fourth-order valence-corrected chi connectivity index (χ4v) is 7.84. The molecule has 2 heterocycles. The van der Waals surface area contributed by atoms with Crippen molar-refractivity contribution in [3.8, 4) is 0 Å². The highest BCUT2D eigenvalue weighted by Gasteiger charge is 2.85. The van der Waals surface area contributed by atoms with E-state index < -0.39 is 0 Å². The van der Waals surface area contributed by atoms with E-state index >= 15 is 0 Å². The molecule has 2 aliphatic heterocycles. The monoisotopic (exact) mass is 348 g/mol. The molecular weight excluding hydrogens is 316 g/mol. The van der Waals surface area contributed by atoms with Crippen LogP contribution in [0, 0.1) is 28.6 Å². The zero-order valence-electron chi connectivity index (χ0n) is 16.3. The molecule has 3 aliphatic carbocycles. The van der Waals surface area contributed by atoms with E-state index in [2.05, 4.69) is 27.7 Å². The lowest BCUT2D eigenvalue weighted by Gasteiger charge is -2.59. The molecule has 2 saturated heterocycles. The number of rotatable bonds is 2. The van der Waals surface area contributed by atoms with E-state index in [-0.39, 0.29) is 34.1 Å². The van der Waals surface area contributed by atoms with Crippen LogP contribution in [0.25, 0.3) is 0 Å². The Balaban J connectivity index is 1.51. The summed E-state index contributed by atoms with van der Waals surface area (Å²) in [5, 5.41) is 0. The van der Waals surface area contributed by atoms with Crippen molar-refractivity contribution < 1.29 is 19.0 Å². The number of hydrogen-bond donors (Lipinski definition) is 0. The molecule has 3 saturated carbocycles. The smallest absolute Gasteiger partial charge is 0.311 e. The zero-order valence-corrected chi connectivity index (χ0v) is 16.3. The van der Waals surface area contributed by atoms with Crippen LogP contribution in [0.3, 0.4) is 0 Å². The van der Waals surface area contributed by atoms with E-state index in [0.717, 1.165) is 32.1 Å². The van der Waals surface area contributed by atoms with Gasteiger partial charge in [0, 0.05) is 0 Å². The molecule has 0 unspecified atom stereocenters. The first-order chi connectivity index (χ1) is 11.8. The first kappa shape index (κ1) is 16.6. The molecule has 0 amide bonds. The molecule has 5 aliphatic rings. The molecule has 25 heavy (non-hydrogen) atoms. The number of epoxide rings is 2. The van der Waals surface area contributed by atoms with Gasteiger partial charge < -0.3 is 14.2 Å². The second-order valence-corrected chi connectivity index (χ2v) is 10.2. The third-order valence-electron chi connectivity index (χ3n) is 9.12. The summed E-state index contributed by atoms with van der Waals surface area (Å²) in [6.45, 7) is 9.14. The lowest BCUT2D eigenvalue weighted by Crippen LogP contribution is -2.60. The van der Waals surface area contributed by atoms with Crippen LogP contribution < -0.4 is 0 Å². The van der Waals surface area contributed by atoms with Gasteiger partial charge in [0.15, 0.2) is 0 Å². The van der Waals surface area contributed by atoms with Gasteiger partial charge in [-0.15, -0.1) is 0 Å². The minimum absolute atomic E-state index is 0.0114. The predicted octanol–water partition coefficient (Wildman–Crippen LogP) is 3.72. The first-order valence-corrected chi connectivity index (χ1v) is 10.2. The molecular formula is C21H32O4. The van der Waals surface area contributed by atoms with Gasteiger partial charge in [-0.05, 0) is 62.2 Å². The van der Waals surface area contributed by atoms with Gasteiger partial charge >= 0.3 is 5.97 Å². The summed E-state index contributed by atoms with van der Waals surface area (Å²) in [5.74, 6) is 1.42. The Hall–Kier alpha value is -0.610. The molecule has 0 radical (unpaired) electrons. The Morgan fingerprint density at radius 1 is 1.12 bits per heavy atom. The fraction of sp³-hybridized carbons (Fsp3) is 0.952. The van der Waals surface area contributed by atoms with E-state index in [9.17, 15) is 4.79 Å². The number of hydrogen-bond acceptors (Lipinski definition) is 4. The van der Waals surface area contributed by atoms with Gasteiger partial charge in [0.25, 0.3) is 0 Å². The lowest BCUT2D eigenvalue weighted by molar-refractivity contribution is -0.175. The third kappa shape index (κ3) is 1.70. The second kappa shape index (κ2) is 4.62. The van der Waals surface area contributed by atoms with E-state index in [1.165, 1.54) is 6.42 Å². The maximum atomic E-state index is 12.7. The summed E-state index contributed by atoms with van der Waals surface area (Å²) in [6.07, 6.45) is 7.19. The molecule has 4 nitrogen and oxygen atoms in total. The number of ether oxygens (including phenoxy) is 3. The molecule has 1 spiro atoms. The van der Waals surface area contributed by atoms with Crippen molar-refractivity contribution in [1.82, 2.24) is 0 Å². The van der Waals surface area contributed by atoms with Crippen LogP contribution >= 0.6 is 0 Å². The molecule has 0 aromatic rings. The number of esters is 1. The quantitative estimate of drug-likeness (QED) is 0.564. The highest BCUT2D eigenvalue weighted by molar-refractivity contribution is 5.77. The molecule has 5 fully saturated rings. The largest absolute Gasteiger partial charge is 0.469 e. The molecule has 0 aromatic heterocycles. The van der Waals surface area contributed by atoms with Gasteiger partial charge in [-0.25, -0.2) is 0 Å². The van der Waals surface area contributed by atoms with Crippen molar-refractivity contribution in [2.24, 2.45) is 28.6 Å². The maximum absolute atomic E-state index is 12.7. The van der Waals surface area contributed by atoms with Crippen molar-refractivity contribution in [2.45, 2.75) is 89.6 Å². The first-order valence-electron chi connectivity index (χ1n) is 10.2. The highest BCUT2D eigenvalue weighted by Crippen LogP contribution is 2.76. The van der Waals surface area contributed by atoms with Crippen LogP contribution in [-0.2, 0) is 19.0 Å². The third-order valence-corrected chi connectivity index (χ3v) is 9.12. The molecule has 8 atom stereocenters. The highest BCUT2D eigenvalue weighted by atomic mass is 16.7. The average Bonchev–Trinajstić information content (AvgIpc) is 3.44. The Labute approximate surface area is 151 Å². The fourth-order valence-electron chi connectivity index (χ4n) is 7.84. The summed E-state index contributed by atoms with van der Waals surface area (Å²) in [6, 6.07) is 0. The van der Waals surface area contributed by atoms with Crippen molar-refractivity contribution in [3.05, 3.63) is 0 Å². The van der Waals surface area contributed by atoms with Crippen LogP contribution in [0.4, 0.5) is 0 Å². The van der Waals surface area contributed by atoms with E-state index in [1.54, 1.807) is 7.11 Å². The van der Waals surface area contributed by atoms with Crippen molar-refractivity contribution >= 4 is 5.97 Å². The number of methoxy groups -OCH3 is 1. The van der Waals surface area contributed by atoms with E-state index in [1.807, 2.05) is 0 Å². The van der Waals surface area contributed by atoms with Gasteiger partial charge in [0.05, 0.1) is 18.6 Å². The summed E-state index contributed by atoms with van der Waals surface area (Å²) in [7, 11) is 1.54.